The molecule has 0 fully saturated rings. The molecule has 0 aliphatic carbocycles. The minimum Gasteiger partial charge on any atom is -0.313 e. The molecule has 1 N–H and O–H groups in total. The average molecular weight is 258 g/mol. The quantitative estimate of drug-likeness (QED) is 0.838. The molecule has 0 saturated carbocycles. The van der Waals surface area contributed by atoms with Crippen LogP contribution >= 0.6 is 0 Å². The maximum absolute atomic E-state index is 4.60. The number of hydrogen-bond acceptors (Lipinski definition) is 3. The van der Waals surface area contributed by atoms with Gasteiger partial charge in [0.05, 0.1) is 5.69 Å². The minimum absolute atomic E-state index is 0.828. The molecule has 0 radical (unpaired) electrons. The highest BCUT2D eigenvalue weighted by Crippen LogP contribution is 2.18. The van der Waals surface area contributed by atoms with Crippen molar-refractivity contribution in [2.24, 2.45) is 0 Å². The third kappa shape index (κ3) is 2.84. The smallest absolute Gasteiger partial charge is 0.158 e. The second kappa shape index (κ2) is 5.97. The lowest BCUT2D eigenvalue weighted by Gasteiger charge is -2.10. The molecule has 0 bridgehead atoms. The first-order valence-electron chi connectivity index (χ1n) is 6.83. The van der Waals surface area contributed by atoms with Gasteiger partial charge in [-0.05, 0) is 45.4 Å². The van der Waals surface area contributed by atoms with E-state index in [4.69, 9.17) is 0 Å². The fourth-order valence-electron chi connectivity index (χ4n) is 2.09. The van der Waals surface area contributed by atoms with E-state index in [1.54, 1.807) is 0 Å². The fourth-order valence-corrected chi connectivity index (χ4v) is 2.09. The maximum atomic E-state index is 4.60. The van der Waals surface area contributed by atoms with Crippen molar-refractivity contribution < 1.29 is 0 Å². The summed E-state index contributed by atoms with van der Waals surface area (Å²) in [6, 6.07) is 4.09. The molecule has 4 nitrogen and oxygen atoms in total. The van der Waals surface area contributed by atoms with Crippen molar-refractivity contribution in [2.75, 3.05) is 6.54 Å². The summed E-state index contributed by atoms with van der Waals surface area (Å²) in [5.74, 6) is 0.930. The Labute approximate surface area is 114 Å². The Hall–Kier alpha value is -1.68. The van der Waals surface area contributed by atoms with E-state index < -0.39 is 0 Å². The third-order valence-corrected chi connectivity index (χ3v) is 3.46. The molecule has 4 heteroatoms. The van der Waals surface area contributed by atoms with Crippen molar-refractivity contribution >= 4 is 0 Å². The normalized spacial score (nSPS) is 10.9. The molecular formula is C15H22N4. The van der Waals surface area contributed by atoms with Crippen molar-refractivity contribution in [1.82, 2.24) is 20.1 Å². The van der Waals surface area contributed by atoms with Crippen LogP contribution in [-0.4, -0.2) is 21.3 Å². The van der Waals surface area contributed by atoms with Gasteiger partial charge >= 0.3 is 0 Å². The number of nitrogens with zero attached hydrogens (tertiary/aromatic N) is 3. The van der Waals surface area contributed by atoms with Crippen LogP contribution in [0.1, 0.15) is 35.9 Å². The van der Waals surface area contributed by atoms with E-state index in [1.807, 2.05) is 23.9 Å². The summed E-state index contributed by atoms with van der Waals surface area (Å²) in [7, 11) is 0. The van der Waals surface area contributed by atoms with Gasteiger partial charge in [-0.1, -0.05) is 13.0 Å². The average Bonchev–Trinajstić information content (AvgIpc) is 2.67. The number of nitrogens with one attached hydrogen (secondary N) is 1. The highest BCUT2D eigenvalue weighted by atomic mass is 15.3. The second-order valence-electron chi connectivity index (χ2n) is 4.87. The molecule has 0 amide bonds. The van der Waals surface area contributed by atoms with Gasteiger partial charge in [0.1, 0.15) is 0 Å². The highest BCUT2D eigenvalue weighted by Gasteiger charge is 2.12. The topological polar surface area (TPSA) is 42.7 Å². The number of aromatic nitrogens is 3. The van der Waals surface area contributed by atoms with Crippen LogP contribution in [-0.2, 0) is 6.54 Å². The first-order chi connectivity index (χ1) is 9.15. The van der Waals surface area contributed by atoms with E-state index in [2.05, 4.69) is 42.2 Å². The Bertz CT molecular complexity index is 557. The number of rotatable bonds is 5. The van der Waals surface area contributed by atoms with Crippen LogP contribution in [0.2, 0.25) is 0 Å². The van der Waals surface area contributed by atoms with Crippen molar-refractivity contribution in [3.8, 4) is 5.82 Å². The summed E-state index contributed by atoms with van der Waals surface area (Å²) in [5, 5.41) is 8.02. The molecule has 2 rings (SSSR count). The van der Waals surface area contributed by atoms with E-state index in [0.717, 1.165) is 36.7 Å². The summed E-state index contributed by atoms with van der Waals surface area (Å²) >= 11 is 0. The van der Waals surface area contributed by atoms with Gasteiger partial charge in [0, 0.05) is 24.0 Å². The van der Waals surface area contributed by atoms with E-state index in [1.165, 1.54) is 11.1 Å². The zero-order valence-corrected chi connectivity index (χ0v) is 12.2. The molecule has 19 heavy (non-hydrogen) atoms. The molecule has 0 saturated heterocycles. The fraction of sp³-hybridized carbons (Fsp3) is 0.467. The van der Waals surface area contributed by atoms with Gasteiger partial charge < -0.3 is 5.32 Å². The molecular weight excluding hydrogens is 236 g/mol. The highest BCUT2D eigenvalue weighted by molar-refractivity contribution is 5.37. The summed E-state index contributed by atoms with van der Waals surface area (Å²) in [6.45, 7) is 10.2. The van der Waals surface area contributed by atoms with E-state index in [9.17, 15) is 0 Å². The van der Waals surface area contributed by atoms with E-state index >= 15 is 0 Å². The standard InChI is InChI=1S/C15H22N4/c1-5-8-16-10-14-7-6-9-17-15(14)19-13(4)11(2)12(3)18-19/h6-7,9,16H,5,8,10H2,1-4H3. The van der Waals surface area contributed by atoms with Crippen molar-refractivity contribution in [3.63, 3.8) is 0 Å². The molecule has 0 aliphatic rings. The minimum atomic E-state index is 0.828. The third-order valence-electron chi connectivity index (χ3n) is 3.46. The first kappa shape index (κ1) is 13.7. The lowest BCUT2D eigenvalue weighted by molar-refractivity contribution is 0.664. The molecule has 0 aromatic carbocycles. The van der Waals surface area contributed by atoms with Crippen LogP contribution < -0.4 is 5.32 Å². The van der Waals surface area contributed by atoms with Gasteiger partial charge in [-0.15, -0.1) is 0 Å². The molecule has 2 aromatic heterocycles. The van der Waals surface area contributed by atoms with Crippen LogP contribution in [0.3, 0.4) is 0 Å². The zero-order valence-electron chi connectivity index (χ0n) is 12.2. The van der Waals surface area contributed by atoms with Gasteiger partial charge in [0.25, 0.3) is 0 Å². The Kier molecular flexibility index (Phi) is 4.32. The first-order valence-corrected chi connectivity index (χ1v) is 6.83. The molecule has 2 aromatic rings. The van der Waals surface area contributed by atoms with Gasteiger partial charge in [-0.25, -0.2) is 9.67 Å². The van der Waals surface area contributed by atoms with Crippen molar-refractivity contribution in [3.05, 3.63) is 40.8 Å². The molecule has 0 spiro atoms. The Morgan fingerprint density at radius 2 is 2.05 bits per heavy atom. The lowest BCUT2D eigenvalue weighted by Crippen LogP contribution is -2.16. The van der Waals surface area contributed by atoms with Gasteiger partial charge in [-0.3, -0.25) is 0 Å². The van der Waals surface area contributed by atoms with Crippen LogP contribution in [0, 0.1) is 20.8 Å². The van der Waals surface area contributed by atoms with Crippen LogP contribution in [0.4, 0.5) is 0 Å². The second-order valence-corrected chi connectivity index (χ2v) is 4.87. The summed E-state index contributed by atoms with van der Waals surface area (Å²) in [6.07, 6.45) is 2.96. The van der Waals surface area contributed by atoms with Gasteiger partial charge in [-0.2, -0.15) is 5.10 Å². The van der Waals surface area contributed by atoms with E-state index in [0.29, 0.717) is 0 Å². The molecule has 102 valence electrons. The van der Waals surface area contributed by atoms with Crippen LogP contribution in [0.25, 0.3) is 5.82 Å². The molecule has 0 unspecified atom stereocenters. The summed E-state index contributed by atoms with van der Waals surface area (Å²) in [5.41, 5.74) is 4.64. The number of aryl methyl sites for hydroxylation is 1. The Balaban J connectivity index is 2.36. The molecule has 0 atom stereocenters. The zero-order chi connectivity index (χ0) is 13.8. The lowest BCUT2D eigenvalue weighted by atomic mass is 10.2. The van der Waals surface area contributed by atoms with Crippen molar-refractivity contribution in [2.45, 2.75) is 40.7 Å². The molecule has 2 heterocycles. The summed E-state index contributed by atoms with van der Waals surface area (Å²) < 4.78 is 1.95. The van der Waals surface area contributed by atoms with Gasteiger partial charge in [0.15, 0.2) is 5.82 Å². The molecule has 0 aliphatic heterocycles. The van der Waals surface area contributed by atoms with Gasteiger partial charge in [0.2, 0.25) is 0 Å². The SMILES string of the molecule is CCCNCc1cccnc1-n1nc(C)c(C)c1C. The number of hydrogen-bond donors (Lipinski definition) is 1. The van der Waals surface area contributed by atoms with Crippen LogP contribution in [0.15, 0.2) is 18.3 Å². The summed E-state index contributed by atoms with van der Waals surface area (Å²) in [4.78, 5) is 4.50. The maximum Gasteiger partial charge on any atom is 0.158 e. The van der Waals surface area contributed by atoms with Crippen molar-refractivity contribution in [1.29, 1.82) is 0 Å². The monoisotopic (exact) mass is 258 g/mol. The van der Waals surface area contributed by atoms with E-state index in [-0.39, 0.29) is 0 Å². The number of pyridine rings is 1. The predicted molar refractivity (Wildman–Crippen MR) is 77.6 cm³/mol. The van der Waals surface area contributed by atoms with Crippen LogP contribution in [0.5, 0.6) is 0 Å². The Morgan fingerprint density at radius 3 is 2.68 bits per heavy atom. The predicted octanol–water partition coefficient (Wildman–Crippen LogP) is 2.69. The Morgan fingerprint density at radius 1 is 1.26 bits per heavy atom. The largest absolute Gasteiger partial charge is 0.313 e.